The number of hydrogen-bond donors (Lipinski definition) is 0. The highest BCUT2D eigenvalue weighted by Crippen LogP contribution is 2.26. The van der Waals surface area contributed by atoms with Gasteiger partial charge in [0.2, 0.25) is 5.91 Å². The molecule has 0 unspecified atom stereocenters. The summed E-state index contributed by atoms with van der Waals surface area (Å²) in [6.45, 7) is -1.30. The molecule has 0 bridgehead atoms. The van der Waals surface area contributed by atoms with E-state index in [9.17, 15) is 22.8 Å². The number of thiophene rings is 1. The SMILES string of the molecule is O=C1[C@@H](n2cnc3sccc3c2=O)CCN1CC(F)(F)F. The van der Waals surface area contributed by atoms with Gasteiger partial charge in [0, 0.05) is 6.54 Å². The molecule has 0 aromatic carbocycles. The first-order valence-corrected chi connectivity index (χ1v) is 7.05. The van der Waals surface area contributed by atoms with Crippen molar-refractivity contribution in [2.45, 2.75) is 18.6 Å². The fourth-order valence-electron chi connectivity index (χ4n) is 2.45. The molecule has 0 saturated carbocycles. The average molecular weight is 317 g/mol. The molecule has 1 amide bonds. The van der Waals surface area contributed by atoms with Crippen LogP contribution in [0.3, 0.4) is 0 Å². The maximum Gasteiger partial charge on any atom is 0.406 e. The van der Waals surface area contributed by atoms with E-state index < -0.39 is 30.2 Å². The Morgan fingerprint density at radius 1 is 1.38 bits per heavy atom. The van der Waals surface area contributed by atoms with Gasteiger partial charge in [0.05, 0.1) is 11.7 Å². The van der Waals surface area contributed by atoms with Gasteiger partial charge in [0.15, 0.2) is 0 Å². The van der Waals surface area contributed by atoms with Crippen LogP contribution < -0.4 is 5.56 Å². The third kappa shape index (κ3) is 2.53. The second-order valence-electron chi connectivity index (χ2n) is 4.78. The lowest BCUT2D eigenvalue weighted by atomic mass is 10.2. The maximum absolute atomic E-state index is 12.4. The van der Waals surface area contributed by atoms with Crippen LogP contribution in [-0.2, 0) is 4.79 Å². The molecular formula is C12H10F3N3O2S. The monoisotopic (exact) mass is 317 g/mol. The van der Waals surface area contributed by atoms with E-state index >= 15 is 0 Å². The lowest BCUT2D eigenvalue weighted by Gasteiger charge is -2.18. The Bertz CT molecular complexity index is 752. The molecule has 1 fully saturated rings. The Hall–Kier alpha value is -1.90. The van der Waals surface area contributed by atoms with E-state index in [1.165, 1.54) is 17.7 Å². The van der Waals surface area contributed by atoms with Crippen LogP contribution in [0, 0.1) is 0 Å². The van der Waals surface area contributed by atoms with Crippen LogP contribution in [0.5, 0.6) is 0 Å². The van der Waals surface area contributed by atoms with Crippen LogP contribution in [0.2, 0.25) is 0 Å². The minimum Gasteiger partial charge on any atom is -0.332 e. The molecule has 0 radical (unpaired) electrons. The van der Waals surface area contributed by atoms with Crippen molar-refractivity contribution >= 4 is 27.5 Å². The second kappa shape index (κ2) is 4.83. The summed E-state index contributed by atoms with van der Waals surface area (Å²) >= 11 is 1.29. The van der Waals surface area contributed by atoms with Gasteiger partial charge in [-0.05, 0) is 17.9 Å². The lowest BCUT2D eigenvalue weighted by molar-refractivity contribution is -0.158. The van der Waals surface area contributed by atoms with Crippen LogP contribution in [0.4, 0.5) is 13.2 Å². The molecule has 5 nitrogen and oxygen atoms in total. The van der Waals surface area contributed by atoms with Crippen LogP contribution in [-0.4, -0.2) is 39.6 Å². The van der Waals surface area contributed by atoms with Gasteiger partial charge in [-0.3, -0.25) is 14.2 Å². The first kappa shape index (κ1) is 14.1. The molecule has 1 saturated heterocycles. The minimum absolute atomic E-state index is 0.0167. The molecule has 0 spiro atoms. The zero-order valence-electron chi connectivity index (χ0n) is 10.6. The fraction of sp³-hybridized carbons (Fsp3) is 0.417. The number of likely N-dealkylation sites (tertiary alicyclic amines) is 1. The van der Waals surface area contributed by atoms with E-state index in [1.807, 2.05) is 0 Å². The number of fused-ring (bicyclic) bond motifs is 1. The van der Waals surface area contributed by atoms with Gasteiger partial charge in [0.1, 0.15) is 17.4 Å². The van der Waals surface area contributed by atoms with Crippen LogP contribution in [0.1, 0.15) is 12.5 Å². The molecule has 0 aliphatic carbocycles. The highest BCUT2D eigenvalue weighted by molar-refractivity contribution is 7.16. The first-order chi connectivity index (χ1) is 9.87. The molecule has 0 N–H and O–H groups in total. The predicted octanol–water partition coefficient (Wildman–Crippen LogP) is 1.79. The molecule has 1 aliphatic rings. The number of carbonyl (C=O) groups is 1. The molecule has 3 heterocycles. The molecule has 2 aromatic rings. The summed E-state index contributed by atoms with van der Waals surface area (Å²) in [7, 11) is 0. The summed E-state index contributed by atoms with van der Waals surface area (Å²) in [5.74, 6) is -0.689. The lowest BCUT2D eigenvalue weighted by Crippen LogP contribution is -2.38. The van der Waals surface area contributed by atoms with Gasteiger partial charge in [-0.1, -0.05) is 0 Å². The Labute approximate surface area is 120 Å². The summed E-state index contributed by atoms with van der Waals surface area (Å²) in [4.78, 5) is 29.7. The molecular weight excluding hydrogens is 307 g/mol. The Morgan fingerprint density at radius 3 is 2.86 bits per heavy atom. The number of carbonyl (C=O) groups excluding carboxylic acids is 1. The summed E-state index contributed by atoms with van der Waals surface area (Å²) < 4.78 is 38.3. The number of hydrogen-bond acceptors (Lipinski definition) is 4. The quantitative estimate of drug-likeness (QED) is 0.848. The largest absolute Gasteiger partial charge is 0.406 e. The Balaban J connectivity index is 1.92. The van der Waals surface area contributed by atoms with Crippen molar-refractivity contribution in [3.05, 3.63) is 28.1 Å². The van der Waals surface area contributed by atoms with E-state index in [0.29, 0.717) is 10.2 Å². The van der Waals surface area contributed by atoms with Crippen molar-refractivity contribution in [3.63, 3.8) is 0 Å². The standard InChI is InChI=1S/C12H10F3N3O2S/c13-12(14,15)5-17-3-1-8(11(17)20)18-6-16-9-7(10(18)19)2-4-21-9/h2,4,6,8H,1,3,5H2/t8-/m0/s1. The van der Waals surface area contributed by atoms with E-state index in [4.69, 9.17) is 0 Å². The van der Waals surface area contributed by atoms with Crippen molar-refractivity contribution < 1.29 is 18.0 Å². The van der Waals surface area contributed by atoms with Gasteiger partial charge in [0.25, 0.3) is 5.56 Å². The van der Waals surface area contributed by atoms with Crippen molar-refractivity contribution in [1.29, 1.82) is 0 Å². The molecule has 21 heavy (non-hydrogen) atoms. The van der Waals surface area contributed by atoms with Crippen LogP contribution in [0.15, 0.2) is 22.6 Å². The van der Waals surface area contributed by atoms with Crippen LogP contribution in [0.25, 0.3) is 10.2 Å². The maximum atomic E-state index is 12.4. The fourth-order valence-corrected chi connectivity index (χ4v) is 3.17. The second-order valence-corrected chi connectivity index (χ2v) is 5.67. The van der Waals surface area contributed by atoms with E-state index in [0.717, 1.165) is 9.47 Å². The molecule has 2 aromatic heterocycles. The van der Waals surface area contributed by atoms with E-state index in [1.54, 1.807) is 11.4 Å². The third-order valence-corrected chi connectivity index (χ3v) is 4.20. The van der Waals surface area contributed by atoms with Gasteiger partial charge < -0.3 is 4.90 Å². The zero-order chi connectivity index (χ0) is 15.2. The molecule has 112 valence electrons. The zero-order valence-corrected chi connectivity index (χ0v) is 11.4. The van der Waals surface area contributed by atoms with Gasteiger partial charge in [-0.15, -0.1) is 11.3 Å². The smallest absolute Gasteiger partial charge is 0.332 e. The summed E-state index contributed by atoms with van der Waals surface area (Å²) in [6.07, 6.45) is -3.03. The predicted molar refractivity (Wildman–Crippen MR) is 70.2 cm³/mol. The average Bonchev–Trinajstić information content (AvgIpc) is 2.98. The first-order valence-electron chi connectivity index (χ1n) is 6.17. The number of amides is 1. The number of nitrogens with zero attached hydrogens (tertiary/aromatic N) is 3. The Kier molecular flexibility index (Phi) is 3.23. The summed E-state index contributed by atoms with van der Waals surface area (Å²) in [5, 5.41) is 2.08. The normalized spacial score (nSPS) is 19.7. The van der Waals surface area contributed by atoms with E-state index in [-0.39, 0.29) is 13.0 Å². The van der Waals surface area contributed by atoms with Gasteiger partial charge >= 0.3 is 6.18 Å². The molecule has 1 aliphatic heterocycles. The number of alkyl halides is 3. The summed E-state index contributed by atoms with van der Waals surface area (Å²) in [5.41, 5.74) is -0.395. The van der Waals surface area contributed by atoms with E-state index in [2.05, 4.69) is 4.98 Å². The molecule has 1 atom stereocenters. The Morgan fingerprint density at radius 2 is 2.14 bits per heavy atom. The van der Waals surface area contributed by atoms with Gasteiger partial charge in [-0.25, -0.2) is 4.98 Å². The number of halogens is 3. The summed E-state index contributed by atoms with van der Waals surface area (Å²) in [6, 6.07) is 0.690. The van der Waals surface area contributed by atoms with Crippen molar-refractivity contribution in [2.24, 2.45) is 0 Å². The van der Waals surface area contributed by atoms with Gasteiger partial charge in [-0.2, -0.15) is 13.2 Å². The minimum atomic E-state index is -4.44. The number of rotatable bonds is 2. The van der Waals surface area contributed by atoms with Crippen molar-refractivity contribution in [1.82, 2.24) is 14.5 Å². The highest BCUT2D eigenvalue weighted by atomic mass is 32.1. The number of aromatic nitrogens is 2. The topological polar surface area (TPSA) is 55.2 Å². The molecule has 3 rings (SSSR count). The van der Waals surface area contributed by atoms with Crippen molar-refractivity contribution in [2.75, 3.05) is 13.1 Å². The third-order valence-electron chi connectivity index (χ3n) is 3.38. The highest BCUT2D eigenvalue weighted by Gasteiger charge is 2.40. The van der Waals surface area contributed by atoms with Crippen molar-refractivity contribution in [3.8, 4) is 0 Å². The molecule has 9 heteroatoms. The van der Waals surface area contributed by atoms with Crippen LogP contribution >= 0.6 is 11.3 Å².